The van der Waals surface area contributed by atoms with Gasteiger partial charge in [-0.2, -0.15) is 0 Å². The number of aromatic nitrogens is 3. The van der Waals surface area contributed by atoms with Gasteiger partial charge in [-0.15, -0.1) is 22.7 Å². The maximum Gasteiger partial charge on any atom is 0.161 e. The second-order valence-electron chi connectivity index (χ2n) is 12.8. The molecule has 0 atom stereocenters. The second kappa shape index (κ2) is 12.8. The molecule has 0 N–H and O–H groups in total. The summed E-state index contributed by atoms with van der Waals surface area (Å²) >= 11 is 3.55. The maximum absolute atomic E-state index is 5.31. The van der Waals surface area contributed by atoms with E-state index in [1.807, 2.05) is 23.5 Å². The fourth-order valence-electron chi connectivity index (χ4n) is 6.96. The van der Waals surface area contributed by atoms with E-state index in [1.165, 1.54) is 41.6 Å². The van der Waals surface area contributed by atoms with Crippen LogP contribution in [0, 0.1) is 0 Å². The molecule has 0 aliphatic rings. The van der Waals surface area contributed by atoms with Crippen LogP contribution < -0.4 is 0 Å². The Balaban J connectivity index is 1.13. The molecule has 3 aromatic heterocycles. The van der Waals surface area contributed by atoms with Gasteiger partial charge in [0.05, 0.1) is 21.6 Å². The molecule has 244 valence electrons. The number of para-hydroxylation sites is 1. The number of hydrogen-bond acceptors (Lipinski definition) is 5. The van der Waals surface area contributed by atoms with Gasteiger partial charge in [-0.05, 0) is 58.7 Å². The molecule has 52 heavy (non-hydrogen) atoms. The number of benzene rings is 7. The van der Waals surface area contributed by atoms with E-state index in [-0.39, 0.29) is 0 Å². The number of fused-ring (bicyclic) bond motifs is 4. The van der Waals surface area contributed by atoms with E-state index in [2.05, 4.69) is 164 Å². The van der Waals surface area contributed by atoms with Gasteiger partial charge >= 0.3 is 0 Å². The Hall–Kier alpha value is -6.27. The molecule has 0 saturated heterocycles. The van der Waals surface area contributed by atoms with Crippen LogP contribution >= 0.6 is 22.7 Å². The molecule has 5 heteroatoms. The molecular formula is C47H29N3S2. The quantitative estimate of drug-likeness (QED) is 0.173. The normalized spacial score (nSPS) is 11.5. The molecule has 0 spiro atoms. The van der Waals surface area contributed by atoms with Crippen LogP contribution in [0.15, 0.2) is 176 Å². The molecule has 0 aliphatic carbocycles. The molecule has 0 unspecified atom stereocenters. The van der Waals surface area contributed by atoms with Gasteiger partial charge < -0.3 is 0 Å². The lowest BCUT2D eigenvalue weighted by atomic mass is 9.99. The Morgan fingerprint density at radius 1 is 0.346 bits per heavy atom. The smallest absolute Gasteiger partial charge is 0.161 e. The van der Waals surface area contributed by atoms with Crippen LogP contribution in [0.25, 0.3) is 97.1 Å². The van der Waals surface area contributed by atoms with E-state index in [0.717, 1.165) is 49.7 Å². The molecule has 10 rings (SSSR count). The van der Waals surface area contributed by atoms with Crippen molar-refractivity contribution < 1.29 is 0 Å². The van der Waals surface area contributed by atoms with E-state index < -0.39 is 0 Å². The summed E-state index contributed by atoms with van der Waals surface area (Å²) in [6.45, 7) is 0. The van der Waals surface area contributed by atoms with Crippen LogP contribution in [0.2, 0.25) is 0 Å². The predicted octanol–water partition coefficient (Wildman–Crippen LogP) is 13.5. The Labute approximate surface area is 309 Å². The first-order chi connectivity index (χ1) is 25.7. The summed E-state index contributed by atoms with van der Waals surface area (Å²) in [5.74, 6) is 0.713. The minimum atomic E-state index is 0.713. The third kappa shape index (κ3) is 5.57. The van der Waals surface area contributed by atoms with Crippen molar-refractivity contribution in [3.8, 4) is 66.7 Å². The lowest BCUT2D eigenvalue weighted by Crippen LogP contribution is -1.96. The highest BCUT2D eigenvalue weighted by Gasteiger charge is 2.18. The van der Waals surface area contributed by atoms with E-state index in [9.17, 15) is 0 Å². The molecule has 3 nitrogen and oxygen atoms in total. The van der Waals surface area contributed by atoms with Crippen LogP contribution in [-0.4, -0.2) is 15.0 Å². The van der Waals surface area contributed by atoms with Crippen molar-refractivity contribution in [2.45, 2.75) is 0 Å². The van der Waals surface area contributed by atoms with Crippen LogP contribution in [-0.2, 0) is 0 Å². The molecule has 0 fully saturated rings. The van der Waals surface area contributed by atoms with Gasteiger partial charge in [-0.3, -0.25) is 0 Å². The van der Waals surface area contributed by atoms with E-state index in [1.54, 1.807) is 11.3 Å². The first-order valence-corrected chi connectivity index (χ1v) is 18.9. The summed E-state index contributed by atoms with van der Waals surface area (Å²) in [6, 6.07) is 62.0. The zero-order valence-corrected chi connectivity index (χ0v) is 29.5. The van der Waals surface area contributed by atoms with Crippen molar-refractivity contribution in [2.75, 3.05) is 0 Å². The van der Waals surface area contributed by atoms with Gasteiger partial charge in [-0.25, -0.2) is 15.0 Å². The number of hydrogen-bond donors (Lipinski definition) is 0. The molecule has 0 saturated carbocycles. The largest absolute Gasteiger partial charge is 0.236 e. The van der Waals surface area contributed by atoms with Crippen molar-refractivity contribution in [2.24, 2.45) is 0 Å². The van der Waals surface area contributed by atoms with Crippen molar-refractivity contribution in [1.29, 1.82) is 0 Å². The third-order valence-corrected chi connectivity index (χ3v) is 11.8. The van der Waals surface area contributed by atoms with Gasteiger partial charge in [0.2, 0.25) is 0 Å². The first kappa shape index (κ1) is 30.5. The Bertz CT molecular complexity index is 2860. The van der Waals surface area contributed by atoms with E-state index in [4.69, 9.17) is 15.0 Å². The molecule has 0 amide bonds. The zero-order chi connectivity index (χ0) is 34.4. The Kier molecular flexibility index (Phi) is 7.52. The van der Waals surface area contributed by atoms with Crippen LogP contribution in [0.5, 0.6) is 0 Å². The number of thiazole rings is 1. The van der Waals surface area contributed by atoms with E-state index >= 15 is 0 Å². The van der Waals surface area contributed by atoms with Gasteiger partial charge in [0.25, 0.3) is 0 Å². The van der Waals surface area contributed by atoms with E-state index in [0.29, 0.717) is 5.82 Å². The minimum Gasteiger partial charge on any atom is -0.236 e. The average molecular weight is 700 g/mol. The first-order valence-electron chi connectivity index (χ1n) is 17.3. The molecular weight excluding hydrogens is 671 g/mol. The number of nitrogens with zero attached hydrogens (tertiary/aromatic N) is 3. The van der Waals surface area contributed by atoms with Crippen LogP contribution in [0.4, 0.5) is 0 Å². The van der Waals surface area contributed by atoms with Gasteiger partial charge in [0.15, 0.2) is 5.82 Å². The highest BCUT2D eigenvalue weighted by Crippen LogP contribution is 2.42. The maximum atomic E-state index is 5.31. The molecule has 0 bridgehead atoms. The highest BCUT2D eigenvalue weighted by molar-refractivity contribution is 7.26. The van der Waals surface area contributed by atoms with Gasteiger partial charge in [-0.1, -0.05) is 140 Å². The lowest BCUT2D eigenvalue weighted by Gasteiger charge is -2.12. The molecule has 10 aromatic rings. The minimum absolute atomic E-state index is 0.713. The lowest BCUT2D eigenvalue weighted by molar-refractivity contribution is 1.19. The van der Waals surface area contributed by atoms with Gasteiger partial charge in [0.1, 0.15) is 5.01 Å². The summed E-state index contributed by atoms with van der Waals surface area (Å²) in [7, 11) is 0. The Morgan fingerprint density at radius 3 is 1.73 bits per heavy atom. The molecule has 7 aromatic carbocycles. The monoisotopic (exact) mass is 699 g/mol. The summed E-state index contributed by atoms with van der Waals surface area (Å²) in [5, 5.41) is 3.42. The summed E-state index contributed by atoms with van der Waals surface area (Å²) in [5.41, 5.74) is 11.8. The second-order valence-corrected chi connectivity index (χ2v) is 14.9. The van der Waals surface area contributed by atoms with Crippen LogP contribution in [0.3, 0.4) is 0 Å². The number of rotatable bonds is 6. The van der Waals surface area contributed by atoms with Gasteiger partial charge in [0, 0.05) is 42.4 Å². The molecule has 3 heterocycles. The average Bonchev–Trinajstić information content (AvgIpc) is 3.83. The number of thiophene rings is 1. The molecule has 0 aliphatic heterocycles. The summed E-state index contributed by atoms with van der Waals surface area (Å²) < 4.78 is 3.64. The Morgan fingerprint density at radius 2 is 0.942 bits per heavy atom. The van der Waals surface area contributed by atoms with Crippen molar-refractivity contribution in [1.82, 2.24) is 15.0 Å². The third-order valence-electron chi connectivity index (χ3n) is 9.56. The van der Waals surface area contributed by atoms with Crippen molar-refractivity contribution in [3.63, 3.8) is 0 Å². The zero-order valence-electron chi connectivity index (χ0n) is 27.9. The summed E-state index contributed by atoms with van der Waals surface area (Å²) in [6.07, 6.45) is 0. The van der Waals surface area contributed by atoms with Crippen molar-refractivity contribution in [3.05, 3.63) is 176 Å². The van der Waals surface area contributed by atoms with Crippen LogP contribution in [0.1, 0.15) is 0 Å². The highest BCUT2D eigenvalue weighted by atomic mass is 32.1. The SMILES string of the molecule is c1ccc(-c2ccc(-c3cc(-c4cccc(-c5ccccc5)c4)nc(-c4cccc5sc6cc(-c7nc8ccccc8s7)ccc6c45)n3)cc2)cc1. The summed E-state index contributed by atoms with van der Waals surface area (Å²) in [4.78, 5) is 15.5. The fraction of sp³-hybridized carbons (Fsp3) is 0. The molecule has 0 radical (unpaired) electrons. The fourth-order valence-corrected chi connectivity index (χ4v) is 9.09. The van der Waals surface area contributed by atoms with Crippen molar-refractivity contribution >= 4 is 53.1 Å². The topological polar surface area (TPSA) is 38.7 Å². The predicted molar refractivity (Wildman–Crippen MR) is 221 cm³/mol. The standard InChI is InChI=1S/C47H29N3S2/c1-3-11-30(12-4-1)32-21-23-33(24-22-32)40-29-41(35-16-9-15-34(27-35)31-13-5-2-6-14-31)49-46(48-40)38-17-10-20-43-45(38)37-26-25-36(28-44(37)51-43)47-50-39-18-7-8-19-42(39)52-47/h1-29H.